The standard InChI is InChI=1S/C20H18ClO/c1-14-10-12-15(13-11-14)20-17(7-5-9-19(20)22-2)16-6-3-4-8-18(16)21/h3-4,6-13H,5H2,1-2H3. The van der Waals surface area contributed by atoms with Crippen LogP contribution in [0.4, 0.5) is 0 Å². The number of benzene rings is 2. The van der Waals surface area contributed by atoms with Crippen LogP contribution in [-0.2, 0) is 4.74 Å². The van der Waals surface area contributed by atoms with Crippen molar-refractivity contribution in [1.82, 2.24) is 0 Å². The Hall–Kier alpha value is -1.99. The minimum absolute atomic E-state index is 0.760. The fraction of sp³-hybridized carbons (Fsp3) is 0.150. The van der Waals surface area contributed by atoms with E-state index in [4.69, 9.17) is 16.3 Å². The molecule has 0 aromatic heterocycles. The zero-order valence-corrected chi connectivity index (χ0v) is 13.5. The second-order valence-corrected chi connectivity index (χ2v) is 5.75. The molecule has 1 aliphatic carbocycles. The molecule has 0 saturated carbocycles. The van der Waals surface area contributed by atoms with Gasteiger partial charge in [0.05, 0.1) is 7.11 Å². The highest BCUT2D eigenvalue weighted by atomic mass is 35.5. The molecule has 0 fully saturated rings. The van der Waals surface area contributed by atoms with Gasteiger partial charge in [-0.3, -0.25) is 0 Å². The summed E-state index contributed by atoms with van der Waals surface area (Å²) in [6.07, 6.45) is 5.16. The highest BCUT2D eigenvalue weighted by Gasteiger charge is 2.21. The summed E-state index contributed by atoms with van der Waals surface area (Å²) in [5, 5.41) is 0.760. The van der Waals surface area contributed by atoms with Crippen molar-refractivity contribution in [3.8, 4) is 0 Å². The van der Waals surface area contributed by atoms with Gasteiger partial charge in [0.1, 0.15) is 5.76 Å². The first-order valence-corrected chi connectivity index (χ1v) is 7.72. The third-order valence-electron chi connectivity index (χ3n) is 3.87. The number of halogens is 1. The number of allylic oxidation sites excluding steroid dienone is 3. The first-order chi connectivity index (χ1) is 10.7. The molecule has 1 radical (unpaired) electrons. The molecule has 1 aliphatic rings. The molecule has 0 bridgehead atoms. The quantitative estimate of drug-likeness (QED) is 0.707. The molecular weight excluding hydrogens is 292 g/mol. The van der Waals surface area contributed by atoms with E-state index in [2.05, 4.69) is 49.8 Å². The van der Waals surface area contributed by atoms with Crippen molar-refractivity contribution in [1.29, 1.82) is 0 Å². The lowest BCUT2D eigenvalue weighted by atomic mass is 9.86. The molecule has 111 valence electrons. The fourth-order valence-corrected chi connectivity index (χ4v) is 2.99. The maximum absolute atomic E-state index is 6.41. The Labute approximate surface area is 136 Å². The molecule has 0 amide bonds. The zero-order valence-electron chi connectivity index (χ0n) is 12.8. The molecule has 2 heteroatoms. The molecule has 0 spiro atoms. The molecular formula is C20H18ClO. The van der Waals surface area contributed by atoms with Crippen molar-refractivity contribution < 1.29 is 4.74 Å². The molecule has 0 atom stereocenters. The SMILES string of the molecule is COC1=CC[CH]C(c2ccccc2Cl)=C1c1ccc(C)cc1. The maximum Gasteiger partial charge on any atom is 0.123 e. The van der Waals surface area contributed by atoms with Gasteiger partial charge in [-0.2, -0.15) is 0 Å². The minimum Gasteiger partial charge on any atom is -0.496 e. The molecule has 0 aliphatic heterocycles. The van der Waals surface area contributed by atoms with E-state index in [0.29, 0.717) is 0 Å². The van der Waals surface area contributed by atoms with Gasteiger partial charge in [0, 0.05) is 10.6 Å². The Morgan fingerprint density at radius 3 is 2.41 bits per heavy atom. The van der Waals surface area contributed by atoms with Crippen LogP contribution in [-0.4, -0.2) is 7.11 Å². The Balaban J connectivity index is 2.22. The normalized spacial score (nSPS) is 14.8. The number of ether oxygens (including phenoxy) is 1. The largest absolute Gasteiger partial charge is 0.496 e. The third-order valence-corrected chi connectivity index (χ3v) is 4.19. The van der Waals surface area contributed by atoms with Crippen LogP contribution in [0.25, 0.3) is 11.1 Å². The summed E-state index contributed by atoms with van der Waals surface area (Å²) < 4.78 is 5.62. The minimum atomic E-state index is 0.760. The molecule has 22 heavy (non-hydrogen) atoms. The van der Waals surface area contributed by atoms with Crippen LogP contribution in [0, 0.1) is 13.3 Å². The van der Waals surface area contributed by atoms with E-state index in [1.165, 1.54) is 5.56 Å². The summed E-state index contributed by atoms with van der Waals surface area (Å²) in [4.78, 5) is 0. The molecule has 1 nitrogen and oxygen atoms in total. The van der Waals surface area contributed by atoms with Crippen LogP contribution in [0.5, 0.6) is 0 Å². The van der Waals surface area contributed by atoms with Gasteiger partial charge in [-0.1, -0.05) is 59.6 Å². The number of hydrogen-bond donors (Lipinski definition) is 0. The van der Waals surface area contributed by atoms with Crippen LogP contribution >= 0.6 is 11.6 Å². The summed E-state index contributed by atoms with van der Waals surface area (Å²) in [7, 11) is 1.72. The van der Waals surface area contributed by atoms with Crippen molar-refractivity contribution in [2.45, 2.75) is 13.3 Å². The Kier molecular flexibility index (Phi) is 4.35. The smallest absolute Gasteiger partial charge is 0.123 e. The van der Waals surface area contributed by atoms with Crippen LogP contribution in [0.2, 0.25) is 5.02 Å². The lowest BCUT2D eigenvalue weighted by Crippen LogP contribution is -2.03. The topological polar surface area (TPSA) is 9.23 Å². The van der Waals surface area contributed by atoms with Gasteiger partial charge in [-0.05, 0) is 48.6 Å². The molecule has 0 N–H and O–H groups in total. The maximum atomic E-state index is 6.41. The molecule has 2 aromatic rings. The second kappa shape index (κ2) is 6.41. The predicted octanol–water partition coefficient (Wildman–Crippen LogP) is 5.70. The number of hydrogen-bond acceptors (Lipinski definition) is 1. The molecule has 0 heterocycles. The Morgan fingerprint density at radius 1 is 1.00 bits per heavy atom. The Bertz CT molecular complexity index is 739. The van der Waals surface area contributed by atoms with Crippen LogP contribution in [0.1, 0.15) is 23.1 Å². The van der Waals surface area contributed by atoms with Gasteiger partial charge in [-0.25, -0.2) is 0 Å². The van der Waals surface area contributed by atoms with Gasteiger partial charge in [0.2, 0.25) is 0 Å². The van der Waals surface area contributed by atoms with Crippen molar-refractivity contribution >= 4 is 22.7 Å². The van der Waals surface area contributed by atoms with Crippen molar-refractivity contribution in [2.75, 3.05) is 7.11 Å². The summed E-state index contributed by atoms with van der Waals surface area (Å²) in [5.41, 5.74) is 5.66. The van der Waals surface area contributed by atoms with Gasteiger partial charge in [0.25, 0.3) is 0 Å². The fourth-order valence-electron chi connectivity index (χ4n) is 2.75. The zero-order chi connectivity index (χ0) is 15.5. The van der Waals surface area contributed by atoms with Gasteiger partial charge < -0.3 is 4.74 Å². The molecule has 2 aromatic carbocycles. The van der Waals surface area contributed by atoms with E-state index >= 15 is 0 Å². The first-order valence-electron chi connectivity index (χ1n) is 7.34. The van der Waals surface area contributed by atoms with Crippen LogP contribution in [0.3, 0.4) is 0 Å². The van der Waals surface area contributed by atoms with E-state index < -0.39 is 0 Å². The molecule has 0 unspecified atom stereocenters. The lowest BCUT2D eigenvalue weighted by Gasteiger charge is -2.22. The van der Waals surface area contributed by atoms with E-state index in [1.807, 2.05) is 18.2 Å². The predicted molar refractivity (Wildman–Crippen MR) is 93.5 cm³/mol. The van der Waals surface area contributed by atoms with Crippen molar-refractivity contribution in [3.05, 3.63) is 88.5 Å². The van der Waals surface area contributed by atoms with E-state index in [0.717, 1.165) is 39.5 Å². The number of methoxy groups -OCH3 is 1. The highest BCUT2D eigenvalue weighted by Crippen LogP contribution is 2.40. The first kappa shape index (κ1) is 14.9. The van der Waals surface area contributed by atoms with Gasteiger partial charge >= 0.3 is 0 Å². The van der Waals surface area contributed by atoms with E-state index in [9.17, 15) is 0 Å². The van der Waals surface area contributed by atoms with Crippen molar-refractivity contribution in [3.63, 3.8) is 0 Å². The Morgan fingerprint density at radius 2 is 1.73 bits per heavy atom. The summed E-state index contributed by atoms with van der Waals surface area (Å²) in [5.74, 6) is 0.904. The van der Waals surface area contributed by atoms with E-state index in [-0.39, 0.29) is 0 Å². The van der Waals surface area contributed by atoms with Crippen LogP contribution < -0.4 is 0 Å². The molecule has 0 saturated heterocycles. The number of aryl methyl sites for hydroxylation is 1. The molecule has 3 rings (SSSR count). The summed E-state index contributed by atoms with van der Waals surface area (Å²) in [6.45, 7) is 2.09. The average Bonchev–Trinajstić information content (AvgIpc) is 2.55. The summed E-state index contributed by atoms with van der Waals surface area (Å²) >= 11 is 6.41. The van der Waals surface area contributed by atoms with Crippen molar-refractivity contribution in [2.24, 2.45) is 0 Å². The van der Waals surface area contributed by atoms with E-state index in [1.54, 1.807) is 7.11 Å². The summed E-state index contributed by atoms with van der Waals surface area (Å²) in [6, 6.07) is 16.5. The lowest BCUT2D eigenvalue weighted by molar-refractivity contribution is 0.309. The van der Waals surface area contributed by atoms with Crippen LogP contribution in [0.15, 0.2) is 60.4 Å². The highest BCUT2D eigenvalue weighted by molar-refractivity contribution is 6.33. The number of rotatable bonds is 3. The van der Waals surface area contributed by atoms with Gasteiger partial charge in [-0.15, -0.1) is 0 Å². The van der Waals surface area contributed by atoms with Gasteiger partial charge in [0.15, 0.2) is 0 Å². The third kappa shape index (κ3) is 2.82. The average molecular weight is 310 g/mol. The monoisotopic (exact) mass is 309 g/mol. The second-order valence-electron chi connectivity index (χ2n) is 5.35.